The second-order valence-corrected chi connectivity index (χ2v) is 7.12. The molecule has 0 radical (unpaired) electrons. The van der Waals surface area contributed by atoms with Gasteiger partial charge in [0.25, 0.3) is 0 Å². The molecule has 0 amide bonds. The Hall–Kier alpha value is -0.450. The second kappa shape index (κ2) is 5.04. The molecule has 4 heteroatoms. The molecule has 1 fully saturated rings. The maximum atomic E-state index is 5.99. The molecule has 0 unspecified atom stereocenters. The van der Waals surface area contributed by atoms with Gasteiger partial charge in [-0.15, -0.1) is 11.3 Å². The summed E-state index contributed by atoms with van der Waals surface area (Å²) in [6.07, 6.45) is 4.42. The number of thiazole rings is 1. The van der Waals surface area contributed by atoms with Crippen molar-refractivity contribution in [1.82, 2.24) is 9.88 Å². The molecule has 2 heterocycles. The second-order valence-electron chi connectivity index (χ2n) is 6.01. The van der Waals surface area contributed by atoms with Gasteiger partial charge in [-0.05, 0) is 24.8 Å². The van der Waals surface area contributed by atoms with Crippen molar-refractivity contribution in [3.63, 3.8) is 0 Å². The summed E-state index contributed by atoms with van der Waals surface area (Å²) < 4.78 is 0. The van der Waals surface area contributed by atoms with Crippen LogP contribution in [0.3, 0.4) is 0 Å². The van der Waals surface area contributed by atoms with E-state index < -0.39 is 0 Å². The average molecular weight is 253 g/mol. The van der Waals surface area contributed by atoms with Crippen LogP contribution in [-0.4, -0.2) is 29.0 Å². The van der Waals surface area contributed by atoms with E-state index in [1.807, 2.05) is 17.5 Å². The molecule has 0 spiro atoms. The Morgan fingerprint density at radius 1 is 1.53 bits per heavy atom. The molecular formula is C13H23N3S. The van der Waals surface area contributed by atoms with Gasteiger partial charge in [-0.25, -0.2) is 4.98 Å². The summed E-state index contributed by atoms with van der Waals surface area (Å²) in [7, 11) is 0. The van der Waals surface area contributed by atoms with Gasteiger partial charge in [0.1, 0.15) is 5.01 Å². The molecule has 0 aliphatic carbocycles. The summed E-state index contributed by atoms with van der Waals surface area (Å²) >= 11 is 1.84. The smallest absolute Gasteiger partial charge is 0.107 e. The minimum absolute atomic E-state index is 0.216. The fourth-order valence-electron chi connectivity index (χ4n) is 2.16. The summed E-state index contributed by atoms with van der Waals surface area (Å²) in [4.78, 5) is 8.34. The monoisotopic (exact) mass is 253 g/mol. The lowest BCUT2D eigenvalue weighted by Gasteiger charge is -2.29. The Bertz CT molecular complexity index is 367. The third-order valence-corrected chi connectivity index (χ3v) is 4.60. The standard InChI is InChI=1S/C13H23N3S/c1-13(2,3)11-7-15-12(17-11)9-16-6-4-5-10(14)8-16/h7,10H,4-6,8-9,14H2,1-3H3/t10-/m1/s1. The lowest BCUT2D eigenvalue weighted by atomic mass is 9.96. The molecule has 2 N–H and O–H groups in total. The molecule has 17 heavy (non-hydrogen) atoms. The Balaban J connectivity index is 1.97. The van der Waals surface area contributed by atoms with Crippen LogP contribution >= 0.6 is 11.3 Å². The van der Waals surface area contributed by atoms with Crippen LogP contribution in [0.2, 0.25) is 0 Å². The number of nitrogens with zero attached hydrogens (tertiary/aromatic N) is 2. The van der Waals surface area contributed by atoms with E-state index in [1.54, 1.807) is 0 Å². The van der Waals surface area contributed by atoms with E-state index in [9.17, 15) is 0 Å². The van der Waals surface area contributed by atoms with Crippen molar-refractivity contribution in [1.29, 1.82) is 0 Å². The van der Waals surface area contributed by atoms with Crippen LogP contribution in [0.4, 0.5) is 0 Å². The molecule has 1 aromatic heterocycles. The highest BCUT2D eigenvalue weighted by atomic mass is 32.1. The lowest BCUT2D eigenvalue weighted by molar-refractivity contribution is 0.201. The summed E-state index contributed by atoms with van der Waals surface area (Å²) in [6, 6.07) is 0.353. The number of hydrogen-bond acceptors (Lipinski definition) is 4. The summed E-state index contributed by atoms with van der Waals surface area (Å²) in [5, 5.41) is 1.23. The van der Waals surface area contributed by atoms with Crippen LogP contribution in [0.15, 0.2) is 6.20 Å². The van der Waals surface area contributed by atoms with Crippen molar-refractivity contribution < 1.29 is 0 Å². The molecule has 1 saturated heterocycles. The van der Waals surface area contributed by atoms with Crippen LogP contribution in [0, 0.1) is 0 Å². The molecule has 0 bridgehead atoms. The van der Waals surface area contributed by atoms with E-state index in [4.69, 9.17) is 5.73 Å². The van der Waals surface area contributed by atoms with E-state index in [0.717, 1.165) is 19.6 Å². The first-order chi connectivity index (χ1) is 7.95. The van der Waals surface area contributed by atoms with Crippen molar-refractivity contribution in [2.24, 2.45) is 5.73 Å². The van der Waals surface area contributed by atoms with E-state index in [2.05, 4.69) is 30.7 Å². The minimum Gasteiger partial charge on any atom is -0.327 e. The van der Waals surface area contributed by atoms with Gasteiger partial charge in [0.15, 0.2) is 0 Å². The highest BCUT2D eigenvalue weighted by Gasteiger charge is 2.20. The van der Waals surface area contributed by atoms with Crippen molar-refractivity contribution in [3.8, 4) is 0 Å². The molecule has 1 aliphatic heterocycles. The number of piperidine rings is 1. The molecule has 2 rings (SSSR count). The predicted octanol–water partition coefficient (Wildman–Crippen LogP) is 2.36. The highest BCUT2D eigenvalue weighted by molar-refractivity contribution is 7.11. The van der Waals surface area contributed by atoms with Gasteiger partial charge in [0.2, 0.25) is 0 Å². The third kappa shape index (κ3) is 3.50. The number of nitrogens with two attached hydrogens (primary N) is 1. The zero-order valence-electron chi connectivity index (χ0n) is 11.1. The van der Waals surface area contributed by atoms with E-state index in [-0.39, 0.29) is 5.41 Å². The number of rotatable bonds is 2. The number of hydrogen-bond donors (Lipinski definition) is 1. The van der Waals surface area contributed by atoms with Gasteiger partial charge in [0.05, 0.1) is 6.54 Å². The topological polar surface area (TPSA) is 42.2 Å². The van der Waals surface area contributed by atoms with Crippen LogP contribution in [0.5, 0.6) is 0 Å². The van der Waals surface area contributed by atoms with Crippen LogP contribution in [-0.2, 0) is 12.0 Å². The third-order valence-electron chi connectivity index (χ3n) is 3.19. The summed E-state index contributed by atoms with van der Waals surface area (Å²) in [5.41, 5.74) is 6.21. The van der Waals surface area contributed by atoms with Crippen LogP contribution < -0.4 is 5.73 Å². The maximum absolute atomic E-state index is 5.99. The SMILES string of the molecule is CC(C)(C)c1cnc(CN2CCC[C@@H](N)C2)s1. The molecule has 1 aromatic rings. The maximum Gasteiger partial charge on any atom is 0.107 e. The predicted molar refractivity (Wildman–Crippen MR) is 73.3 cm³/mol. The number of aromatic nitrogens is 1. The normalized spacial score (nSPS) is 22.9. The first kappa shape index (κ1) is 13.0. The Kier molecular flexibility index (Phi) is 3.85. The van der Waals surface area contributed by atoms with Gasteiger partial charge in [-0.2, -0.15) is 0 Å². The Morgan fingerprint density at radius 2 is 2.29 bits per heavy atom. The Labute approximate surface area is 108 Å². The van der Waals surface area contributed by atoms with Gasteiger partial charge < -0.3 is 5.73 Å². The molecule has 0 aromatic carbocycles. The molecule has 1 atom stereocenters. The van der Waals surface area contributed by atoms with Gasteiger partial charge >= 0.3 is 0 Å². The summed E-state index contributed by atoms with van der Waals surface area (Å²) in [6.45, 7) is 9.86. The zero-order valence-corrected chi connectivity index (χ0v) is 11.9. The fourth-order valence-corrected chi connectivity index (χ4v) is 3.17. The molecule has 3 nitrogen and oxygen atoms in total. The van der Waals surface area contributed by atoms with Crippen molar-refractivity contribution in [2.75, 3.05) is 13.1 Å². The van der Waals surface area contributed by atoms with Crippen molar-refractivity contribution >= 4 is 11.3 Å². The molecule has 0 saturated carbocycles. The number of likely N-dealkylation sites (tertiary alicyclic amines) is 1. The quantitative estimate of drug-likeness (QED) is 0.880. The van der Waals surface area contributed by atoms with Gasteiger partial charge in [0, 0.05) is 23.7 Å². The first-order valence-corrected chi connectivity index (χ1v) is 7.20. The van der Waals surface area contributed by atoms with Gasteiger partial charge in [-0.3, -0.25) is 4.90 Å². The van der Waals surface area contributed by atoms with Gasteiger partial charge in [-0.1, -0.05) is 20.8 Å². The van der Waals surface area contributed by atoms with E-state index in [1.165, 1.54) is 22.7 Å². The summed E-state index contributed by atoms with van der Waals surface area (Å²) in [5.74, 6) is 0. The van der Waals surface area contributed by atoms with Crippen molar-refractivity contribution in [2.45, 2.75) is 51.6 Å². The average Bonchev–Trinajstić information content (AvgIpc) is 2.65. The van der Waals surface area contributed by atoms with E-state index in [0.29, 0.717) is 6.04 Å². The minimum atomic E-state index is 0.216. The molecular weight excluding hydrogens is 230 g/mol. The van der Waals surface area contributed by atoms with E-state index >= 15 is 0 Å². The Morgan fingerprint density at radius 3 is 2.88 bits per heavy atom. The van der Waals surface area contributed by atoms with Crippen molar-refractivity contribution in [3.05, 3.63) is 16.1 Å². The zero-order chi connectivity index (χ0) is 12.5. The van der Waals surface area contributed by atoms with Crippen LogP contribution in [0.1, 0.15) is 43.5 Å². The van der Waals surface area contributed by atoms with Crippen LogP contribution in [0.25, 0.3) is 0 Å². The lowest BCUT2D eigenvalue weighted by Crippen LogP contribution is -2.42. The fraction of sp³-hybridized carbons (Fsp3) is 0.769. The highest BCUT2D eigenvalue weighted by Crippen LogP contribution is 2.28. The molecule has 96 valence electrons. The molecule has 1 aliphatic rings. The largest absolute Gasteiger partial charge is 0.327 e. The first-order valence-electron chi connectivity index (χ1n) is 6.38.